The fourth-order valence-electron chi connectivity index (χ4n) is 3.93. The number of nitrogens with one attached hydrogen (secondary N) is 2. The van der Waals surface area contributed by atoms with Crippen LogP contribution in [0.15, 0.2) is 0 Å². The predicted octanol–water partition coefficient (Wildman–Crippen LogP) is 3.71. The van der Waals surface area contributed by atoms with Crippen LogP contribution in [0.5, 0.6) is 0 Å². The Bertz CT molecular complexity index is 233. The zero-order chi connectivity index (χ0) is 13.5. The van der Waals surface area contributed by atoms with Gasteiger partial charge in [-0.1, -0.05) is 32.6 Å². The van der Waals surface area contributed by atoms with Crippen molar-refractivity contribution in [3.63, 3.8) is 0 Å². The molecule has 0 bridgehead atoms. The van der Waals surface area contributed by atoms with Crippen LogP contribution in [-0.4, -0.2) is 25.2 Å². The van der Waals surface area contributed by atoms with E-state index in [-0.39, 0.29) is 0 Å². The second-order valence-electron chi connectivity index (χ2n) is 7.18. The average molecular weight is 266 g/mol. The molecule has 2 heteroatoms. The van der Waals surface area contributed by atoms with Gasteiger partial charge < -0.3 is 10.6 Å². The molecule has 0 radical (unpaired) electrons. The molecule has 2 rings (SSSR count). The second kappa shape index (κ2) is 8.26. The van der Waals surface area contributed by atoms with Gasteiger partial charge in [-0.25, -0.2) is 0 Å². The first-order valence-electron chi connectivity index (χ1n) is 8.71. The maximum absolute atomic E-state index is 3.80. The Morgan fingerprint density at radius 2 is 2.00 bits per heavy atom. The molecule has 2 aliphatic rings. The normalized spacial score (nSPS) is 34.7. The molecule has 0 aromatic rings. The molecule has 2 N–H and O–H groups in total. The molecule has 0 aromatic carbocycles. The Hall–Kier alpha value is -0.0800. The second-order valence-corrected chi connectivity index (χ2v) is 7.18. The van der Waals surface area contributed by atoms with Gasteiger partial charge in [0.2, 0.25) is 0 Å². The van der Waals surface area contributed by atoms with Crippen molar-refractivity contribution in [1.82, 2.24) is 10.6 Å². The van der Waals surface area contributed by atoms with E-state index in [0.29, 0.717) is 6.04 Å². The smallest absolute Gasteiger partial charge is 0.00817 e. The van der Waals surface area contributed by atoms with Crippen LogP contribution in [0.2, 0.25) is 0 Å². The van der Waals surface area contributed by atoms with Gasteiger partial charge in [0.25, 0.3) is 0 Å². The van der Waals surface area contributed by atoms with Gasteiger partial charge in [0, 0.05) is 12.1 Å². The Labute approximate surface area is 120 Å². The van der Waals surface area contributed by atoms with Crippen LogP contribution in [0.1, 0.15) is 71.6 Å². The Morgan fingerprint density at radius 1 is 1.11 bits per heavy atom. The Kier molecular flexibility index (Phi) is 6.66. The van der Waals surface area contributed by atoms with E-state index >= 15 is 0 Å². The lowest BCUT2D eigenvalue weighted by molar-refractivity contribution is 0.263. The fraction of sp³-hybridized carbons (Fsp3) is 1.00. The van der Waals surface area contributed by atoms with Crippen LogP contribution in [0.3, 0.4) is 0 Å². The van der Waals surface area contributed by atoms with Crippen LogP contribution in [0.4, 0.5) is 0 Å². The largest absolute Gasteiger partial charge is 0.314 e. The van der Waals surface area contributed by atoms with Crippen molar-refractivity contribution in [2.75, 3.05) is 13.1 Å². The summed E-state index contributed by atoms with van der Waals surface area (Å²) in [6.07, 6.45) is 12.7. The SMILES string of the molecule is CC1CCCC(CNC(C)CC2CCCCCN2)C1. The van der Waals surface area contributed by atoms with Crippen molar-refractivity contribution < 1.29 is 0 Å². The first-order chi connectivity index (χ1) is 9.24. The molecule has 1 saturated heterocycles. The summed E-state index contributed by atoms with van der Waals surface area (Å²) < 4.78 is 0. The first-order valence-corrected chi connectivity index (χ1v) is 8.71. The van der Waals surface area contributed by atoms with E-state index in [4.69, 9.17) is 0 Å². The van der Waals surface area contributed by atoms with Crippen LogP contribution in [0, 0.1) is 11.8 Å². The lowest BCUT2D eigenvalue weighted by Crippen LogP contribution is -2.39. The van der Waals surface area contributed by atoms with Gasteiger partial charge >= 0.3 is 0 Å². The van der Waals surface area contributed by atoms with E-state index in [9.17, 15) is 0 Å². The third-order valence-electron chi connectivity index (χ3n) is 5.10. The third-order valence-corrected chi connectivity index (χ3v) is 5.10. The number of rotatable bonds is 5. The minimum atomic E-state index is 0.674. The third kappa shape index (κ3) is 5.83. The van der Waals surface area contributed by atoms with E-state index in [1.807, 2.05) is 0 Å². The van der Waals surface area contributed by atoms with Gasteiger partial charge in [0.05, 0.1) is 0 Å². The molecule has 2 nitrogen and oxygen atoms in total. The van der Waals surface area contributed by atoms with Gasteiger partial charge in [-0.15, -0.1) is 0 Å². The zero-order valence-electron chi connectivity index (χ0n) is 13.1. The van der Waals surface area contributed by atoms with Gasteiger partial charge in [-0.3, -0.25) is 0 Å². The molecular weight excluding hydrogens is 232 g/mol. The molecule has 0 aromatic heterocycles. The Morgan fingerprint density at radius 3 is 2.84 bits per heavy atom. The van der Waals surface area contributed by atoms with E-state index in [0.717, 1.165) is 17.9 Å². The van der Waals surface area contributed by atoms with E-state index in [1.165, 1.54) is 70.9 Å². The summed E-state index contributed by atoms with van der Waals surface area (Å²) in [4.78, 5) is 0. The molecule has 0 spiro atoms. The van der Waals surface area contributed by atoms with Crippen LogP contribution < -0.4 is 10.6 Å². The fourth-order valence-corrected chi connectivity index (χ4v) is 3.93. The molecule has 1 aliphatic carbocycles. The highest BCUT2D eigenvalue weighted by Crippen LogP contribution is 2.28. The molecule has 4 atom stereocenters. The summed E-state index contributed by atoms with van der Waals surface area (Å²) in [5, 5.41) is 7.52. The van der Waals surface area contributed by atoms with Gasteiger partial charge in [-0.05, 0) is 64.0 Å². The van der Waals surface area contributed by atoms with Crippen LogP contribution in [-0.2, 0) is 0 Å². The highest BCUT2D eigenvalue weighted by molar-refractivity contribution is 4.78. The average Bonchev–Trinajstić information content (AvgIpc) is 2.65. The summed E-state index contributed by atoms with van der Waals surface area (Å²) in [6, 6.07) is 1.43. The van der Waals surface area contributed by atoms with E-state index < -0.39 is 0 Å². The molecule has 19 heavy (non-hydrogen) atoms. The lowest BCUT2D eigenvalue weighted by atomic mass is 9.82. The van der Waals surface area contributed by atoms with Crippen molar-refractivity contribution in [3.05, 3.63) is 0 Å². The lowest BCUT2D eigenvalue weighted by Gasteiger charge is -2.29. The minimum Gasteiger partial charge on any atom is -0.314 e. The Balaban J connectivity index is 1.61. The first kappa shape index (κ1) is 15.3. The predicted molar refractivity (Wildman–Crippen MR) is 83.5 cm³/mol. The van der Waals surface area contributed by atoms with Crippen molar-refractivity contribution >= 4 is 0 Å². The number of hydrogen-bond donors (Lipinski definition) is 2. The van der Waals surface area contributed by atoms with Gasteiger partial charge in [0.15, 0.2) is 0 Å². The molecule has 1 saturated carbocycles. The van der Waals surface area contributed by atoms with E-state index in [2.05, 4.69) is 24.5 Å². The van der Waals surface area contributed by atoms with Crippen molar-refractivity contribution in [2.45, 2.75) is 83.7 Å². The summed E-state index contributed by atoms with van der Waals surface area (Å²) in [5.74, 6) is 1.90. The molecule has 112 valence electrons. The minimum absolute atomic E-state index is 0.674. The zero-order valence-corrected chi connectivity index (χ0v) is 13.1. The topological polar surface area (TPSA) is 24.1 Å². The number of hydrogen-bond acceptors (Lipinski definition) is 2. The van der Waals surface area contributed by atoms with E-state index in [1.54, 1.807) is 0 Å². The quantitative estimate of drug-likeness (QED) is 0.792. The highest BCUT2D eigenvalue weighted by Gasteiger charge is 2.20. The molecule has 1 heterocycles. The molecular formula is C17H34N2. The van der Waals surface area contributed by atoms with Gasteiger partial charge in [0.1, 0.15) is 0 Å². The molecule has 2 fully saturated rings. The monoisotopic (exact) mass is 266 g/mol. The van der Waals surface area contributed by atoms with Crippen molar-refractivity contribution in [3.8, 4) is 0 Å². The highest BCUT2D eigenvalue weighted by atomic mass is 14.9. The van der Waals surface area contributed by atoms with Crippen LogP contribution >= 0.6 is 0 Å². The van der Waals surface area contributed by atoms with Crippen molar-refractivity contribution in [2.24, 2.45) is 11.8 Å². The van der Waals surface area contributed by atoms with Crippen molar-refractivity contribution in [1.29, 1.82) is 0 Å². The summed E-state index contributed by atoms with van der Waals surface area (Å²) >= 11 is 0. The maximum Gasteiger partial charge on any atom is 0.00817 e. The molecule has 0 amide bonds. The van der Waals surface area contributed by atoms with Crippen LogP contribution in [0.25, 0.3) is 0 Å². The maximum atomic E-state index is 3.80. The molecule has 1 aliphatic heterocycles. The summed E-state index contributed by atoms with van der Waals surface area (Å²) in [5.41, 5.74) is 0. The van der Waals surface area contributed by atoms with Gasteiger partial charge in [-0.2, -0.15) is 0 Å². The standard InChI is InChI=1S/C17H34N2/c1-14-7-6-8-16(11-14)13-19-15(2)12-17-9-4-3-5-10-18-17/h14-19H,3-13H2,1-2H3. The summed E-state index contributed by atoms with van der Waals surface area (Å²) in [6.45, 7) is 7.28. The molecule has 4 unspecified atom stereocenters. The summed E-state index contributed by atoms with van der Waals surface area (Å²) in [7, 11) is 0.